The van der Waals surface area contributed by atoms with Gasteiger partial charge in [0.25, 0.3) is 0 Å². The molecule has 1 unspecified atom stereocenters. The standard InChI is InChI=1S/C20H24N2O6S/c1-12(23)22-10-14-7-17(21-29(4,25)26)18(24)9-15(14)16(11-22)13-5-6-19(27-2)20(8-13)28-3/h5-9,16,21,24H,10-11H2,1-4H3. The topological polar surface area (TPSA) is 105 Å². The van der Waals surface area contributed by atoms with Crippen LogP contribution in [-0.4, -0.2) is 51.4 Å². The number of aromatic hydroxyl groups is 1. The number of hydrogen-bond acceptors (Lipinski definition) is 6. The number of hydrogen-bond donors (Lipinski definition) is 2. The summed E-state index contributed by atoms with van der Waals surface area (Å²) in [6.07, 6.45) is 1.01. The highest BCUT2D eigenvalue weighted by Gasteiger charge is 2.30. The van der Waals surface area contributed by atoms with E-state index < -0.39 is 10.0 Å². The zero-order valence-electron chi connectivity index (χ0n) is 16.7. The van der Waals surface area contributed by atoms with Crippen LogP contribution in [0.4, 0.5) is 5.69 Å². The Morgan fingerprint density at radius 2 is 1.86 bits per heavy atom. The van der Waals surface area contributed by atoms with Crippen LogP contribution in [0.2, 0.25) is 0 Å². The molecule has 29 heavy (non-hydrogen) atoms. The van der Waals surface area contributed by atoms with E-state index >= 15 is 0 Å². The number of anilines is 1. The smallest absolute Gasteiger partial charge is 0.229 e. The van der Waals surface area contributed by atoms with E-state index in [-0.39, 0.29) is 23.3 Å². The number of ether oxygens (including phenoxy) is 2. The van der Waals surface area contributed by atoms with Crippen molar-refractivity contribution in [1.29, 1.82) is 0 Å². The van der Waals surface area contributed by atoms with Gasteiger partial charge in [-0.05, 0) is 41.0 Å². The summed E-state index contributed by atoms with van der Waals surface area (Å²) in [5.74, 6) is 0.667. The van der Waals surface area contributed by atoms with E-state index in [1.54, 1.807) is 37.3 Å². The molecule has 1 atom stereocenters. The molecule has 0 aliphatic carbocycles. The zero-order chi connectivity index (χ0) is 21.3. The highest BCUT2D eigenvalue weighted by atomic mass is 32.2. The molecule has 0 aromatic heterocycles. The number of sulfonamides is 1. The molecular formula is C20H24N2O6S. The summed E-state index contributed by atoms with van der Waals surface area (Å²) in [7, 11) is -0.456. The first-order valence-electron chi connectivity index (χ1n) is 8.94. The molecular weight excluding hydrogens is 396 g/mol. The summed E-state index contributed by atoms with van der Waals surface area (Å²) in [5.41, 5.74) is 2.56. The number of carbonyl (C=O) groups excluding carboxylic acids is 1. The van der Waals surface area contributed by atoms with Crippen LogP contribution in [0.25, 0.3) is 0 Å². The van der Waals surface area contributed by atoms with Gasteiger partial charge in [0.05, 0.1) is 26.2 Å². The van der Waals surface area contributed by atoms with Gasteiger partial charge in [0.1, 0.15) is 5.75 Å². The minimum atomic E-state index is -3.56. The summed E-state index contributed by atoms with van der Waals surface area (Å²) in [5, 5.41) is 10.4. The van der Waals surface area contributed by atoms with Crippen LogP contribution in [0.15, 0.2) is 30.3 Å². The minimum absolute atomic E-state index is 0.0858. The van der Waals surface area contributed by atoms with E-state index in [1.807, 2.05) is 12.1 Å². The molecule has 2 aromatic carbocycles. The van der Waals surface area contributed by atoms with E-state index in [9.17, 15) is 18.3 Å². The largest absolute Gasteiger partial charge is 0.506 e. The lowest BCUT2D eigenvalue weighted by Gasteiger charge is -2.35. The van der Waals surface area contributed by atoms with Gasteiger partial charge < -0.3 is 19.5 Å². The quantitative estimate of drug-likeness (QED) is 0.719. The van der Waals surface area contributed by atoms with Gasteiger partial charge in [-0.15, -0.1) is 0 Å². The number of phenolic OH excluding ortho intramolecular Hbond substituents is 1. The number of fused-ring (bicyclic) bond motifs is 1. The molecule has 0 radical (unpaired) electrons. The van der Waals surface area contributed by atoms with Crippen molar-refractivity contribution in [1.82, 2.24) is 4.90 Å². The summed E-state index contributed by atoms with van der Waals surface area (Å²) >= 11 is 0. The molecule has 1 aliphatic heterocycles. The van der Waals surface area contributed by atoms with Crippen molar-refractivity contribution in [2.45, 2.75) is 19.4 Å². The monoisotopic (exact) mass is 420 g/mol. The van der Waals surface area contributed by atoms with Crippen molar-refractivity contribution in [3.05, 3.63) is 47.0 Å². The second-order valence-electron chi connectivity index (χ2n) is 7.01. The summed E-state index contributed by atoms with van der Waals surface area (Å²) in [6.45, 7) is 2.25. The molecule has 156 valence electrons. The van der Waals surface area contributed by atoms with Gasteiger partial charge in [-0.2, -0.15) is 0 Å². The van der Waals surface area contributed by atoms with Gasteiger partial charge in [-0.1, -0.05) is 6.07 Å². The van der Waals surface area contributed by atoms with E-state index in [0.29, 0.717) is 24.6 Å². The van der Waals surface area contributed by atoms with Crippen molar-refractivity contribution in [3.63, 3.8) is 0 Å². The first-order chi connectivity index (χ1) is 13.6. The molecule has 1 aliphatic rings. The third-order valence-electron chi connectivity index (χ3n) is 4.95. The highest BCUT2D eigenvalue weighted by Crippen LogP contribution is 2.41. The zero-order valence-corrected chi connectivity index (χ0v) is 17.5. The average molecular weight is 420 g/mol. The van der Waals surface area contributed by atoms with Crippen LogP contribution in [0.1, 0.15) is 29.5 Å². The Kier molecular flexibility index (Phi) is 5.61. The lowest BCUT2D eigenvalue weighted by molar-refractivity contribution is -0.129. The second kappa shape index (κ2) is 7.82. The number of nitrogens with zero attached hydrogens (tertiary/aromatic N) is 1. The van der Waals surface area contributed by atoms with Crippen molar-refractivity contribution < 1.29 is 27.8 Å². The molecule has 0 fully saturated rings. The number of amides is 1. The maximum absolute atomic E-state index is 12.1. The Bertz CT molecular complexity index is 1050. The Balaban J connectivity index is 2.12. The van der Waals surface area contributed by atoms with E-state index in [4.69, 9.17) is 9.47 Å². The molecule has 0 saturated heterocycles. The van der Waals surface area contributed by atoms with E-state index in [0.717, 1.165) is 22.9 Å². The maximum atomic E-state index is 12.1. The third kappa shape index (κ3) is 4.40. The Morgan fingerprint density at radius 3 is 2.45 bits per heavy atom. The van der Waals surface area contributed by atoms with Gasteiger partial charge in [-0.3, -0.25) is 9.52 Å². The highest BCUT2D eigenvalue weighted by molar-refractivity contribution is 7.92. The SMILES string of the molecule is COc1ccc(C2CN(C(C)=O)Cc3cc(NS(C)(=O)=O)c(O)cc32)cc1OC. The van der Waals surface area contributed by atoms with Crippen molar-refractivity contribution in [2.24, 2.45) is 0 Å². The number of methoxy groups -OCH3 is 2. The van der Waals surface area contributed by atoms with Gasteiger partial charge in [0.15, 0.2) is 11.5 Å². The fourth-order valence-corrected chi connectivity index (χ4v) is 4.14. The first kappa shape index (κ1) is 20.8. The van der Waals surface area contributed by atoms with Crippen molar-refractivity contribution in [3.8, 4) is 17.2 Å². The molecule has 0 saturated carbocycles. The Morgan fingerprint density at radius 1 is 1.17 bits per heavy atom. The normalized spacial score (nSPS) is 16.1. The first-order valence-corrected chi connectivity index (χ1v) is 10.8. The molecule has 2 N–H and O–H groups in total. The fourth-order valence-electron chi connectivity index (χ4n) is 3.58. The summed E-state index contributed by atoms with van der Waals surface area (Å²) in [4.78, 5) is 13.8. The molecule has 8 nitrogen and oxygen atoms in total. The summed E-state index contributed by atoms with van der Waals surface area (Å²) < 4.78 is 36.2. The van der Waals surface area contributed by atoms with Crippen LogP contribution < -0.4 is 14.2 Å². The van der Waals surface area contributed by atoms with Gasteiger partial charge in [-0.25, -0.2) is 8.42 Å². The average Bonchev–Trinajstić information content (AvgIpc) is 2.66. The van der Waals surface area contributed by atoms with Crippen molar-refractivity contribution >= 4 is 21.6 Å². The van der Waals surface area contributed by atoms with Crippen LogP contribution in [0.5, 0.6) is 17.2 Å². The van der Waals surface area contributed by atoms with E-state index in [1.165, 1.54) is 6.92 Å². The second-order valence-corrected chi connectivity index (χ2v) is 8.76. The lowest BCUT2D eigenvalue weighted by atomic mass is 9.84. The Hall–Kier alpha value is -2.94. The maximum Gasteiger partial charge on any atom is 0.229 e. The number of benzene rings is 2. The van der Waals surface area contributed by atoms with Crippen LogP contribution >= 0.6 is 0 Å². The fraction of sp³-hybridized carbons (Fsp3) is 0.350. The van der Waals surface area contributed by atoms with Gasteiger partial charge in [0, 0.05) is 25.9 Å². The minimum Gasteiger partial charge on any atom is -0.506 e. The lowest BCUT2D eigenvalue weighted by Crippen LogP contribution is -2.37. The number of nitrogens with one attached hydrogen (secondary N) is 1. The predicted octanol–water partition coefficient (Wildman–Crippen LogP) is 2.27. The molecule has 1 amide bonds. The number of phenols is 1. The van der Waals surface area contributed by atoms with Gasteiger partial charge >= 0.3 is 0 Å². The number of rotatable bonds is 5. The van der Waals surface area contributed by atoms with E-state index in [2.05, 4.69) is 4.72 Å². The summed E-state index contributed by atoms with van der Waals surface area (Å²) in [6, 6.07) is 8.66. The van der Waals surface area contributed by atoms with Gasteiger partial charge in [0.2, 0.25) is 15.9 Å². The van der Waals surface area contributed by atoms with Crippen LogP contribution in [0.3, 0.4) is 0 Å². The molecule has 1 heterocycles. The molecule has 2 aromatic rings. The molecule has 3 rings (SSSR count). The van der Waals surface area contributed by atoms with Crippen LogP contribution in [0, 0.1) is 0 Å². The molecule has 0 spiro atoms. The molecule has 0 bridgehead atoms. The Labute approximate surface area is 170 Å². The van der Waals surface area contributed by atoms with Crippen molar-refractivity contribution in [2.75, 3.05) is 31.7 Å². The third-order valence-corrected chi connectivity index (χ3v) is 5.54. The molecule has 9 heteroatoms. The predicted molar refractivity (Wildman–Crippen MR) is 109 cm³/mol. The number of carbonyl (C=O) groups is 1. The van der Waals surface area contributed by atoms with Crippen LogP contribution in [-0.2, 0) is 21.4 Å².